The summed E-state index contributed by atoms with van der Waals surface area (Å²) in [6, 6.07) is 23.1. The molecule has 0 unspecified atom stereocenters. The number of hydrogen-bond acceptors (Lipinski definition) is 4. The van der Waals surface area contributed by atoms with Gasteiger partial charge in [0.05, 0.1) is 24.1 Å². The molecule has 0 aliphatic rings. The van der Waals surface area contributed by atoms with Crippen LogP contribution in [0.4, 0.5) is 18.9 Å². The molecule has 0 fully saturated rings. The van der Waals surface area contributed by atoms with Crippen molar-refractivity contribution in [2.24, 2.45) is 5.10 Å². The summed E-state index contributed by atoms with van der Waals surface area (Å²) in [5.41, 5.74) is 1.72. The molecule has 0 amide bonds. The second-order valence-corrected chi connectivity index (χ2v) is 6.36. The molecule has 3 aromatic rings. The van der Waals surface area contributed by atoms with Gasteiger partial charge in [-0.3, -0.25) is 9.80 Å². The monoisotopic (exact) mass is 412 g/mol. The minimum atomic E-state index is -4.45. The highest BCUT2D eigenvalue weighted by molar-refractivity contribution is 6.13. The summed E-state index contributed by atoms with van der Waals surface area (Å²) in [6.45, 7) is -0.259. The predicted octanol–water partition coefficient (Wildman–Crippen LogP) is 5.14. The van der Waals surface area contributed by atoms with E-state index in [4.69, 9.17) is 4.74 Å². The minimum absolute atomic E-state index is 0.259. The molecule has 154 valence electrons. The summed E-state index contributed by atoms with van der Waals surface area (Å²) in [5.74, 6) is -0.570. The number of esters is 1. The number of ether oxygens (including phenoxy) is 1. The Morgan fingerprint density at radius 2 is 1.37 bits per heavy atom. The number of halogens is 3. The molecule has 0 saturated heterocycles. The molecule has 0 bridgehead atoms. The second kappa shape index (κ2) is 9.26. The van der Waals surface area contributed by atoms with Crippen LogP contribution in [-0.2, 0) is 15.7 Å². The lowest BCUT2D eigenvalue weighted by atomic mass is 10.0. The summed E-state index contributed by atoms with van der Waals surface area (Å²) in [6.07, 6.45) is -4.45. The highest BCUT2D eigenvalue weighted by Gasteiger charge is 2.30. The van der Waals surface area contributed by atoms with Crippen LogP contribution >= 0.6 is 0 Å². The maximum atomic E-state index is 12.9. The fourth-order valence-corrected chi connectivity index (χ4v) is 2.79. The van der Waals surface area contributed by atoms with Gasteiger partial charge in [-0.2, -0.15) is 18.3 Å². The van der Waals surface area contributed by atoms with Gasteiger partial charge in [-0.15, -0.1) is 0 Å². The average molecular weight is 412 g/mol. The summed E-state index contributed by atoms with van der Waals surface area (Å²) < 4.78 is 43.5. The first kappa shape index (κ1) is 21.1. The van der Waals surface area contributed by atoms with Gasteiger partial charge in [0.15, 0.2) is 0 Å². The van der Waals surface area contributed by atoms with Crippen molar-refractivity contribution in [3.8, 4) is 0 Å². The molecular weight excluding hydrogens is 393 g/mol. The Balaban J connectivity index is 2.09. The molecule has 3 aromatic carbocycles. The Labute approximate surface area is 172 Å². The normalized spacial score (nSPS) is 10.9. The van der Waals surface area contributed by atoms with Crippen LogP contribution in [0.5, 0.6) is 0 Å². The fourth-order valence-electron chi connectivity index (χ4n) is 2.79. The van der Waals surface area contributed by atoms with Gasteiger partial charge in [-0.1, -0.05) is 60.7 Å². The van der Waals surface area contributed by atoms with E-state index < -0.39 is 17.7 Å². The third-order valence-electron chi connectivity index (χ3n) is 4.31. The highest BCUT2D eigenvalue weighted by atomic mass is 19.4. The van der Waals surface area contributed by atoms with Crippen LogP contribution in [0, 0.1) is 0 Å². The fraction of sp³-hybridized carbons (Fsp3) is 0.130. The Bertz CT molecular complexity index is 961. The topological polar surface area (TPSA) is 41.9 Å². The van der Waals surface area contributed by atoms with E-state index in [1.54, 1.807) is 0 Å². The zero-order chi connectivity index (χ0) is 21.6. The molecule has 0 aromatic heterocycles. The Kier molecular flexibility index (Phi) is 6.51. The van der Waals surface area contributed by atoms with Crippen LogP contribution in [0.1, 0.15) is 16.7 Å². The van der Waals surface area contributed by atoms with Crippen LogP contribution in [0.2, 0.25) is 0 Å². The van der Waals surface area contributed by atoms with Crippen LogP contribution in [0.25, 0.3) is 0 Å². The zero-order valence-corrected chi connectivity index (χ0v) is 16.1. The molecule has 4 nitrogen and oxygen atoms in total. The molecule has 0 aliphatic heterocycles. The molecule has 0 radical (unpaired) electrons. The highest BCUT2D eigenvalue weighted by Crippen LogP contribution is 2.30. The van der Waals surface area contributed by atoms with Gasteiger partial charge in [-0.05, 0) is 24.3 Å². The lowest BCUT2D eigenvalue weighted by Crippen LogP contribution is -2.27. The van der Waals surface area contributed by atoms with Gasteiger partial charge in [0, 0.05) is 11.1 Å². The summed E-state index contributed by atoms with van der Waals surface area (Å²) in [7, 11) is 1.24. The zero-order valence-electron chi connectivity index (χ0n) is 16.1. The maximum absolute atomic E-state index is 12.9. The molecule has 7 heteroatoms. The molecule has 3 rings (SSSR count). The van der Waals surface area contributed by atoms with Crippen molar-refractivity contribution in [2.75, 3.05) is 18.7 Å². The van der Waals surface area contributed by atoms with Gasteiger partial charge >= 0.3 is 12.1 Å². The average Bonchev–Trinajstić information content (AvgIpc) is 2.77. The molecule has 0 aliphatic carbocycles. The first-order valence-corrected chi connectivity index (χ1v) is 9.09. The van der Waals surface area contributed by atoms with Crippen LogP contribution in [0.3, 0.4) is 0 Å². The van der Waals surface area contributed by atoms with E-state index in [9.17, 15) is 18.0 Å². The number of methoxy groups -OCH3 is 1. The first-order valence-electron chi connectivity index (χ1n) is 9.09. The van der Waals surface area contributed by atoms with E-state index in [0.717, 1.165) is 23.3 Å². The predicted molar refractivity (Wildman–Crippen MR) is 109 cm³/mol. The van der Waals surface area contributed by atoms with Gasteiger partial charge in [0.25, 0.3) is 0 Å². The van der Waals surface area contributed by atoms with Crippen molar-refractivity contribution in [1.29, 1.82) is 0 Å². The maximum Gasteiger partial charge on any atom is 0.416 e. The number of nitrogens with zero attached hydrogens (tertiary/aromatic N) is 2. The van der Waals surface area contributed by atoms with Crippen molar-refractivity contribution in [1.82, 2.24) is 0 Å². The van der Waals surface area contributed by atoms with Crippen LogP contribution in [0.15, 0.2) is 90.0 Å². The number of hydrogen-bond donors (Lipinski definition) is 0. The van der Waals surface area contributed by atoms with Gasteiger partial charge in [-0.25, -0.2) is 0 Å². The van der Waals surface area contributed by atoms with Crippen LogP contribution < -0.4 is 5.01 Å². The number of carbonyl (C=O) groups excluding carboxylic acids is 1. The molecule has 30 heavy (non-hydrogen) atoms. The van der Waals surface area contributed by atoms with E-state index in [-0.39, 0.29) is 6.54 Å². The molecule has 0 N–H and O–H groups in total. The smallest absolute Gasteiger partial charge is 0.416 e. The summed E-state index contributed by atoms with van der Waals surface area (Å²) in [5, 5.41) is 5.97. The molecule has 0 saturated carbocycles. The quantitative estimate of drug-likeness (QED) is 0.320. The second-order valence-electron chi connectivity index (χ2n) is 6.36. The number of alkyl halides is 3. The van der Waals surface area contributed by atoms with Crippen molar-refractivity contribution in [3.05, 3.63) is 102 Å². The molecule has 0 atom stereocenters. The summed E-state index contributed by atoms with van der Waals surface area (Å²) >= 11 is 0. The standard InChI is InChI=1S/C23H19F3N2O2/c1-30-21(29)16-28(20-14-12-19(13-15-20)23(24,25)26)27-22(17-8-4-2-5-9-17)18-10-6-3-7-11-18/h2-15H,16H2,1H3. The van der Waals surface area contributed by atoms with E-state index in [1.807, 2.05) is 60.7 Å². The van der Waals surface area contributed by atoms with E-state index in [2.05, 4.69) is 5.10 Å². The van der Waals surface area contributed by atoms with E-state index >= 15 is 0 Å². The third-order valence-corrected chi connectivity index (χ3v) is 4.31. The number of carbonyl (C=O) groups is 1. The third kappa shape index (κ3) is 5.26. The molecule has 0 spiro atoms. The first-order chi connectivity index (χ1) is 14.4. The minimum Gasteiger partial charge on any atom is -0.468 e. The Morgan fingerprint density at radius 1 is 0.867 bits per heavy atom. The largest absolute Gasteiger partial charge is 0.468 e. The summed E-state index contributed by atoms with van der Waals surface area (Å²) in [4.78, 5) is 12.0. The van der Waals surface area contributed by atoms with Crippen molar-refractivity contribution in [3.63, 3.8) is 0 Å². The lowest BCUT2D eigenvalue weighted by Gasteiger charge is -2.21. The number of anilines is 1. The van der Waals surface area contributed by atoms with E-state index in [0.29, 0.717) is 11.4 Å². The molecular formula is C23H19F3N2O2. The van der Waals surface area contributed by atoms with Crippen LogP contribution in [-0.4, -0.2) is 25.3 Å². The number of rotatable bonds is 6. The Morgan fingerprint density at radius 3 is 1.80 bits per heavy atom. The molecule has 0 heterocycles. The van der Waals surface area contributed by atoms with Crippen molar-refractivity contribution >= 4 is 17.4 Å². The number of hydrazone groups is 1. The van der Waals surface area contributed by atoms with Crippen molar-refractivity contribution < 1.29 is 22.7 Å². The van der Waals surface area contributed by atoms with Gasteiger partial charge in [0.1, 0.15) is 6.54 Å². The van der Waals surface area contributed by atoms with Gasteiger partial charge in [0.2, 0.25) is 0 Å². The van der Waals surface area contributed by atoms with Crippen molar-refractivity contribution in [2.45, 2.75) is 6.18 Å². The lowest BCUT2D eigenvalue weighted by molar-refractivity contribution is -0.139. The number of benzene rings is 3. The SMILES string of the molecule is COC(=O)CN(N=C(c1ccccc1)c1ccccc1)c1ccc(C(F)(F)F)cc1. The Hall–Kier alpha value is -3.61. The van der Waals surface area contributed by atoms with Gasteiger partial charge < -0.3 is 4.74 Å². The van der Waals surface area contributed by atoms with E-state index in [1.165, 1.54) is 24.3 Å².